The fraction of sp³-hybridized carbons (Fsp3) is 0.333. The zero-order valence-corrected chi connectivity index (χ0v) is 11.5. The maximum atomic E-state index is 12.0. The summed E-state index contributed by atoms with van der Waals surface area (Å²) in [5.74, 6) is 0.225. The van der Waals surface area contributed by atoms with E-state index in [1.165, 1.54) is 16.7 Å². The molecule has 0 aliphatic heterocycles. The summed E-state index contributed by atoms with van der Waals surface area (Å²) in [7, 11) is 0. The molecule has 2 nitrogen and oxygen atoms in total. The summed E-state index contributed by atoms with van der Waals surface area (Å²) in [6, 6.07) is 8.47. The van der Waals surface area contributed by atoms with Crippen molar-refractivity contribution in [2.24, 2.45) is 0 Å². The third-order valence-electron chi connectivity index (χ3n) is 4.86. The van der Waals surface area contributed by atoms with Gasteiger partial charge in [-0.2, -0.15) is 0 Å². The smallest absolute Gasteiger partial charge is 0.230 e. The minimum atomic E-state index is -0.250. The lowest BCUT2D eigenvalue weighted by atomic mass is 9.71. The number of aryl methyl sites for hydroxylation is 1. The van der Waals surface area contributed by atoms with Gasteiger partial charge >= 0.3 is 0 Å². The van der Waals surface area contributed by atoms with E-state index in [1.807, 2.05) is 6.92 Å². The molecule has 0 saturated heterocycles. The van der Waals surface area contributed by atoms with E-state index in [2.05, 4.69) is 30.3 Å². The van der Waals surface area contributed by atoms with E-state index in [0.717, 1.165) is 30.4 Å². The molecule has 4 rings (SSSR count). The Labute approximate surface area is 117 Å². The Morgan fingerprint density at radius 2 is 1.80 bits per heavy atom. The minimum absolute atomic E-state index is 0.0765. The molecular weight excluding hydrogens is 248 g/mol. The van der Waals surface area contributed by atoms with E-state index in [0.29, 0.717) is 0 Å². The molecule has 2 aromatic rings. The van der Waals surface area contributed by atoms with Gasteiger partial charge in [0.1, 0.15) is 0 Å². The van der Waals surface area contributed by atoms with Gasteiger partial charge in [0, 0.05) is 23.0 Å². The Hall–Kier alpha value is -1.96. The van der Waals surface area contributed by atoms with Gasteiger partial charge in [0.25, 0.3) is 0 Å². The van der Waals surface area contributed by atoms with Crippen LogP contribution in [0.25, 0.3) is 5.57 Å². The summed E-state index contributed by atoms with van der Waals surface area (Å²) in [6.45, 7) is 2.02. The molecule has 0 heterocycles. The molecule has 0 saturated carbocycles. The fourth-order valence-electron chi connectivity index (χ4n) is 3.94. The number of allylic oxidation sites excluding steroid dienone is 2. The zero-order valence-electron chi connectivity index (χ0n) is 11.5. The maximum Gasteiger partial charge on any atom is 0.230 e. The first-order valence-corrected chi connectivity index (χ1v) is 7.31. The molecule has 0 radical (unpaired) electrons. The number of fused-ring (bicyclic) bond motifs is 5. The Morgan fingerprint density at radius 1 is 1.05 bits per heavy atom. The van der Waals surface area contributed by atoms with Crippen LogP contribution in [0.4, 0.5) is 0 Å². The van der Waals surface area contributed by atoms with Crippen LogP contribution in [0, 0.1) is 0 Å². The molecular formula is C18H16O2. The molecule has 100 valence electrons. The van der Waals surface area contributed by atoms with Crippen molar-refractivity contribution in [3.05, 3.63) is 73.0 Å². The Morgan fingerprint density at radius 3 is 2.65 bits per heavy atom. The monoisotopic (exact) mass is 264 g/mol. The van der Waals surface area contributed by atoms with Crippen LogP contribution < -0.4 is 10.9 Å². The summed E-state index contributed by atoms with van der Waals surface area (Å²) in [5, 5.41) is 0. The molecule has 2 unspecified atom stereocenters. The van der Waals surface area contributed by atoms with Crippen LogP contribution in [-0.4, -0.2) is 0 Å². The average Bonchev–Trinajstić information content (AvgIpc) is 2.64. The van der Waals surface area contributed by atoms with Gasteiger partial charge in [-0.3, -0.25) is 9.59 Å². The van der Waals surface area contributed by atoms with Gasteiger partial charge in [0.2, 0.25) is 10.9 Å². The SMILES string of the molecule is CC1C=C2c3ccccc3CCCC2c2c1c(=O)c2=O. The van der Waals surface area contributed by atoms with Crippen LogP contribution in [0.3, 0.4) is 0 Å². The molecule has 0 aromatic heterocycles. The average molecular weight is 264 g/mol. The van der Waals surface area contributed by atoms with Crippen LogP contribution in [0.2, 0.25) is 0 Å². The summed E-state index contributed by atoms with van der Waals surface area (Å²) >= 11 is 0. The number of hydrogen-bond donors (Lipinski definition) is 0. The van der Waals surface area contributed by atoms with E-state index in [9.17, 15) is 9.59 Å². The molecule has 0 amide bonds. The van der Waals surface area contributed by atoms with Crippen LogP contribution in [-0.2, 0) is 6.42 Å². The molecule has 0 N–H and O–H groups in total. The molecule has 2 atom stereocenters. The largest absolute Gasteiger partial charge is 0.285 e. The van der Waals surface area contributed by atoms with Gasteiger partial charge in [-0.25, -0.2) is 0 Å². The predicted molar refractivity (Wildman–Crippen MR) is 79.9 cm³/mol. The second-order valence-corrected chi connectivity index (χ2v) is 6.00. The predicted octanol–water partition coefficient (Wildman–Crippen LogP) is 2.90. The van der Waals surface area contributed by atoms with Crippen molar-refractivity contribution >= 4 is 5.57 Å². The molecule has 20 heavy (non-hydrogen) atoms. The summed E-state index contributed by atoms with van der Waals surface area (Å²) in [5.41, 5.74) is 5.03. The lowest BCUT2D eigenvalue weighted by molar-refractivity contribution is 0.667. The first-order chi connectivity index (χ1) is 9.68. The van der Waals surface area contributed by atoms with Crippen LogP contribution >= 0.6 is 0 Å². The highest BCUT2D eigenvalue weighted by Crippen LogP contribution is 2.46. The highest BCUT2D eigenvalue weighted by atomic mass is 16.2. The maximum absolute atomic E-state index is 12.0. The molecule has 0 fully saturated rings. The molecule has 0 spiro atoms. The van der Waals surface area contributed by atoms with Gasteiger partial charge < -0.3 is 0 Å². The molecule has 2 aliphatic carbocycles. The van der Waals surface area contributed by atoms with Crippen molar-refractivity contribution in [1.82, 2.24) is 0 Å². The lowest BCUT2D eigenvalue weighted by Crippen LogP contribution is -2.43. The molecule has 0 bridgehead atoms. The Balaban J connectivity index is 1.96. The zero-order chi connectivity index (χ0) is 13.9. The van der Waals surface area contributed by atoms with E-state index < -0.39 is 0 Å². The van der Waals surface area contributed by atoms with Crippen molar-refractivity contribution in [1.29, 1.82) is 0 Å². The third kappa shape index (κ3) is 1.39. The molecule has 2 aliphatic rings. The Bertz CT molecular complexity index is 803. The number of benzene rings is 1. The van der Waals surface area contributed by atoms with Gasteiger partial charge in [-0.1, -0.05) is 37.3 Å². The first kappa shape index (κ1) is 11.8. The molecule has 2 heteroatoms. The normalized spacial score (nSPS) is 24.4. The Kier molecular flexibility index (Phi) is 2.38. The lowest BCUT2D eigenvalue weighted by Gasteiger charge is -2.30. The number of rotatable bonds is 0. The third-order valence-corrected chi connectivity index (χ3v) is 4.86. The molecule has 2 aromatic carbocycles. The standard InChI is InChI=1S/C18H16O2/c1-10-9-14-12-7-3-2-5-11(12)6-4-8-13(14)16-15(10)17(19)18(16)20/h2-3,5,7,9-10,13H,4,6,8H2,1H3. The van der Waals surface area contributed by atoms with Crippen molar-refractivity contribution < 1.29 is 0 Å². The van der Waals surface area contributed by atoms with E-state index in [1.54, 1.807) is 0 Å². The second-order valence-electron chi connectivity index (χ2n) is 6.00. The number of hydrogen-bond acceptors (Lipinski definition) is 2. The quantitative estimate of drug-likeness (QED) is 0.686. The van der Waals surface area contributed by atoms with Gasteiger partial charge in [0.05, 0.1) is 0 Å². The highest BCUT2D eigenvalue weighted by molar-refractivity contribution is 5.78. The van der Waals surface area contributed by atoms with Gasteiger partial charge in [0.15, 0.2) is 0 Å². The van der Waals surface area contributed by atoms with Crippen LogP contribution in [0.1, 0.15) is 53.9 Å². The van der Waals surface area contributed by atoms with Gasteiger partial charge in [-0.05, 0) is 36.0 Å². The van der Waals surface area contributed by atoms with E-state index >= 15 is 0 Å². The summed E-state index contributed by atoms with van der Waals surface area (Å²) < 4.78 is 0. The van der Waals surface area contributed by atoms with Gasteiger partial charge in [-0.15, -0.1) is 0 Å². The summed E-state index contributed by atoms with van der Waals surface area (Å²) in [6.07, 6.45) is 5.32. The highest BCUT2D eigenvalue weighted by Gasteiger charge is 2.37. The van der Waals surface area contributed by atoms with Crippen molar-refractivity contribution in [3.63, 3.8) is 0 Å². The first-order valence-electron chi connectivity index (χ1n) is 7.31. The minimum Gasteiger partial charge on any atom is -0.285 e. The van der Waals surface area contributed by atoms with Crippen LogP contribution in [0.5, 0.6) is 0 Å². The van der Waals surface area contributed by atoms with Crippen molar-refractivity contribution in [2.45, 2.75) is 38.0 Å². The topological polar surface area (TPSA) is 34.1 Å². The summed E-state index contributed by atoms with van der Waals surface area (Å²) in [4.78, 5) is 23.8. The van der Waals surface area contributed by atoms with Crippen molar-refractivity contribution in [2.75, 3.05) is 0 Å². The van der Waals surface area contributed by atoms with Crippen molar-refractivity contribution in [3.8, 4) is 0 Å². The van der Waals surface area contributed by atoms with E-state index in [-0.39, 0.29) is 22.7 Å². The fourth-order valence-corrected chi connectivity index (χ4v) is 3.94. The van der Waals surface area contributed by atoms with Crippen LogP contribution in [0.15, 0.2) is 39.9 Å². The second kappa shape index (κ2) is 4.02. The van der Waals surface area contributed by atoms with E-state index in [4.69, 9.17) is 0 Å².